The molecule has 2 saturated heterocycles. The molecule has 0 radical (unpaired) electrons. The first kappa shape index (κ1) is 12.3. The number of hydrogen-bond donors (Lipinski definition) is 1. The van der Waals surface area contributed by atoms with Crippen LogP contribution in [-0.4, -0.2) is 50.3 Å². The van der Waals surface area contributed by atoms with Gasteiger partial charge in [0.25, 0.3) is 0 Å². The van der Waals surface area contributed by atoms with Gasteiger partial charge < -0.3 is 10.1 Å². The van der Waals surface area contributed by atoms with Gasteiger partial charge in [-0.15, -0.1) is 0 Å². The molecule has 0 bridgehead atoms. The normalized spacial score (nSPS) is 42.2. The molecule has 0 aliphatic carbocycles. The molecule has 0 saturated carbocycles. The Kier molecular flexibility index (Phi) is 4.22. The van der Waals surface area contributed by atoms with Gasteiger partial charge in [-0.25, -0.2) is 0 Å². The zero-order chi connectivity index (χ0) is 11.5. The molecule has 3 heteroatoms. The number of piperidine rings is 2. The molecule has 2 heterocycles. The number of ether oxygens (including phenoxy) is 1. The van der Waals surface area contributed by atoms with Crippen LogP contribution in [0.1, 0.15) is 26.7 Å². The first-order valence-electron chi connectivity index (χ1n) is 6.70. The van der Waals surface area contributed by atoms with E-state index in [0.717, 1.165) is 25.0 Å². The summed E-state index contributed by atoms with van der Waals surface area (Å²) in [5, 5.41) is 3.52. The fourth-order valence-corrected chi connectivity index (χ4v) is 3.13. The molecule has 2 aliphatic rings. The lowest BCUT2D eigenvalue weighted by Crippen LogP contribution is -2.56. The first-order chi connectivity index (χ1) is 7.72. The number of rotatable bonds is 2. The average molecular weight is 226 g/mol. The van der Waals surface area contributed by atoms with Crippen LogP contribution in [0.25, 0.3) is 0 Å². The maximum absolute atomic E-state index is 5.60. The van der Waals surface area contributed by atoms with Crippen LogP contribution in [0.3, 0.4) is 0 Å². The molecular weight excluding hydrogens is 200 g/mol. The van der Waals surface area contributed by atoms with Crippen molar-refractivity contribution < 1.29 is 4.74 Å². The van der Waals surface area contributed by atoms with Gasteiger partial charge in [0, 0.05) is 26.2 Å². The van der Waals surface area contributed by atoms with Gasteiger partial charge in [-0.3, -0.25) is 4.90 Å². The van der Waals surface area contributed by atoms with E-state index < -0.39 is 0 Å². The quantitative estimate of drug-likeness (QED) is 0.769. The molecule has 3 nitrogen and oxygen atoms in total. The number of likely N-dealkylation sites (tertiary alicyclic amines) is 1. The van der Waals surface area contributed by atoms with E-state index in [1.807, 2.05) is 7.11 Å². The molecule has 2 aliphatic heterocycles. The lowest BCUT2D eigenvalue weighted by molar-refractivity contribution is -0.0301. The van der Waals surface area contributed by atoms with Crippen molar-refractivity contribution in [3.63, 3.8) is 0 Å². The summed E-state index contributed by atoms with van der Waals surface area (Å²) in [7, 11) is 1.85. The Bertz CT molecular complexity index is 222. The molecule has 0 aromatic carbocycles. The van der Waals surface area contributed by atoms with Crippen LogP contribution >= 0.6 is 0 Å². The van der Waals surface area contributed by atoms with Crippen molar-refractivity contribution >= 4 is 0 Å². The highest BCUT2D eigenvalue weighted by molar-refractivity contribution is 4.88. The van der Waals surface area contributed by atoms with Gasteiger partial charge >= 0.3 is 0 Å². The molecule has 0 aromatic rings. The first-order valence-corrected chi connectivity index (χ1v) is 6.70. The van der Waals surface area contributed by atoms with E-state index in [-0.39, 0.29) is 0 Å². The lowest BCUT2D eigenvalue weighted by atomic mass is 9.89. The minimum atomic E-state index is 0.433. The smallest absolute Gasteiger partial charge is 0.0724 e. The van der Waals surface area contributed by atoms with Crippen molar-refractivity contribution in [2.75, 3.05) is 33.3 Å². The fourth-order valence-electron chi connectivity index (χ4n) is 3.13. The van der Waals surface area contributed by atoms with Gasteiger partial charge in [-0.1, -0.05) is 13.8 Å². The van der Waals surface area contributed by atoms with E-state index in [0.29, 0.717) is 12.0 Å². The Morgan fingerprint density at radius 3 is 2.69 bits per heavy atom. The van der Waals surface area contributed by atoms with E-state index in [1.165, 1.54) is 25.9 Å². The Labute approximate surface area is 99.5 Å². The lowest BCUT2D eigenvalue weighted by Gasteiger charge is -2.44. The van der Waals surface area contributed by atoms with Gasteiger partial charge in [-0.05, 0) is 37.8 Å². The molecule has 1 N–H and O–H groups in total. The van der Waals surface area contributed by atoms with Crippen LogP contribution in [0.4, 0.5) is 0 Å². The van der Waals surface area contributed by atoms with Crippen LogP contribution in [0.15, 0.2) is 0 Å². The van der Waals surface area contributed by atoms with Gasteiger partial charge in [0.1, 0.15) is 0 Å². The van der Waals surface area contributed by atoms with Crippen molar-refractivity contribution in [2.24, 2.45) is 11.8 Å². The van der Waals surface area contributed by atoms with Gasteiger partial charge in [0.15, 0.2) is 0 Å². The SMILES string of the molecule is COC1CN(C2CNCCC2C)CCC1C. The summed E-state index contributed by atoms with van der Waals surface area (Å²) in [6.07, 6.45) is 3.03. The van der Waals surface area contributed by atoms with E-state index in [2.05, 4.69) is 24.1 Å². The number of nitrogens with zero attached hydrogens (tertiary/aromatic N) is 1. The topological polar surface area (TPSA) is 24.5 Å². The second-order valence-electron chi connectivity index (χ2n) is 5.57. The third kappa shape index (κ3) is 2.58. The predicted octanol–water partition coefficient (Wildman–Crippen LogP) is 1.34. The van der Waals surface area contributed by atoms with Crippen molar-refractivity contribution in [1.29, 1.82) is 0 Å². The Hall–Kier alpha value is -0.120. The Morgan fingerprint density at radius 2 is 2.00 bits per heavy atom. The van der Waals surface area contributed by atoms with Gasteiger partial charge in [0.2, 0.25) is 0 Å². The van der Waals surface area contributed by atoms with Gasteiger partial charge in [-0.2, -0.15) is 0 Å². The van der Waals surface area contributed by atoms with Crippen LogP contribution in [-0.2, 0) is 4.74 Å². The summed E-state index contributed by atoms with van der Waals surface area (Å²) in [5.41, 5.74) is 0. The Balaban J connectivity index is 1.93. The number of hydrogen-bond acceptors (Lipinski definition) is 3. The van der Waals surface area contributed by atoms with E-state index in [9.17, 15) is 0 Å². The highest BCUT2D eigenvalue weighted by Gasteiger charge is 2.33. The minimum Gasteiger partial charge on any atom is -0.380 e. The second kappa shape index (κ2) is 5.48. The molecule has 4 atom stereocenters. The maximum atomic E-state index is 5.60. The standard InChI is InChI=1S/C13H26N2O/c1-10-4-6-14-8-12(10)15-7-5-11(2)13(9-15)16-3/h10-14H,4-9H2,1-3H3. The van der Waals surface area contributed by atoms with Gasteiger partial charge in [0.05, 0.1) is 6.10 Å². The van der Waals surface area contributed by atoms with Crippen LogP contribution in [0, 0.1) is 11.8 Å². The summed E-state index contributed by atoms with van der Waals surface area (Å²) in [5.74, 6) is 1.54. The number of nitrogens with one attached hydrogen (secondary N) is 1. The van der Waals surface area contributed by atoms with E-state index in [4.69, 9.17) is 4.74 Å². The van der Waals surface area contributed by atoms with Crippen molar-refractivity contribution in [2.45, 2.75) is 38.8 Å². The molecule has 2 rings (SSSR count). The van der Waals surface area contributed by atoms with E-state index >= 15 is 0 Å². The third-order valence-electron chi connectivity index (χ3n) is 4.48. The molecule has 4 unspecified atom stereocenters. The Morgan fingerprint density at radius 1 is 1.19 bits per heavy atom. The molecule has 2 fully saturated rings. The monoisotopic (exact) mass is 226 g/mol. The highest BCUT2D eigenvalue weighted by atomic mass is 16.5. The molecular formula is C13H26N2O. The predicted molar refractivity (Wildman–Crippen MR) is 66.6 cm³/mol. The molecule has 0 aromatic heterocycles. The van der Waals surface area contributed by atoms with Crippen molar-refractivity contribution in [3.8, 4) is 0 Å². The van der Waals surface area contributed by atoms with Crippen LogP contribution in [0.2, 0.25) is 0 Å². The van der Waals surface area contributed by atoms with Crippen molar-refractivity contribution in [1.82, 2.24) is 10.2 Å². The third-order valence-corrected chi connectivity index (χ3v) is 4.48. The zero-order valence-electron chi connectivity index (χ0n) is 10.9. The summed E-state index contributed by atoms with van der Waals surface area (Å²) in [6, 6.07) is 0.721. The summed E-state index contributed by atoms with van der Waals surface area (Å²) in [4.78, 5) is 2.64. The van der Waals surface area contributed by atoms with Crippen LogP contribution < -0.4 is 5.32 Å². The summed E-state index contributed by atoms with van der Waals surface area (Å²) < 4.78 is 5.60. The molecule has 94 valence electrons. The number of methoxy groups -OCH3 is 1. The summed E-state index contributed by atoms with van der Waals surface area (Å²) in [6.45, 7) is 9.42. The molecule has 0 spiro atoms. The maximum Gasteiger partial charge on any atom is 0.0724 e. The highest BCUT2D eigenvalue weighted by Crippen LogP contribution is 2.25. The zero-order valence-corrected chi connectivity index (χ0v) is 10.9. The average Bonchev–Trinajstić information content (AvgIpc) is 2.31. The van der Waals surface area contributed by atoms with Crippen LogP contribution in [0.5, 0.6) is 0 Å². The second-order valence-corrected chi connectivity index (χ2v) is 5.57. The van der Waals surface area contributed by atoms with Crippen molar-refractivity contribution in [3.05, 3.63) is 0 Å². The largest absolute Gasteiger partial charge is 0.380 e. The minimum absolute atomic E-state index is 0.433. The summed E-state index contributed by atoms with van der Waals surface area (Å²) >= 11 is 0. The molecule has 0 amide bonds. The molecule has 16 heavy (non-hydrogen) atoms. The fraction of sp³-hybridized carbons (Fsp3) is 1.00. The van der Waals surface area contributed by atoms with E-state index in [1.54, 1.807) is 0 Å².